The van der Waals surface area contributed by atoms with E-state index in [0.29, 0.717) is 43.4 Å². The molecule has 0 aromatic heterocycles. The summed E-state index contributed by atoms with van der Waals surface area (Å²) in [5.41, 5.74) is 1.41. The van der Waals surface area contributed by atoms with Gasteiger partial charge in [0.15, 0.2) is 0 Å². The van der Waals surface area contributed by atoms with Crippen LogP contribution in [0.2, 0.25) is 5.02 Å². The fourth-order valence-corrected chi connectivity index (χ4v) is 4.87. The Balaban J connectivity index is 1.49. The molecule has 0 bridgehead atoms. The molecule has 2 aromatic carbocycles. The maximum atomic E-state index is 12.7. The van der Waals surface area contributed by atoms with Crippen LogP contribution in [-0.2, 0) is 30.8 Å². The van der Waals surface area contributed by atoms with Gasteiger partial charge in [-0.25, -0.2) is 8.42 Å². The first-order chi connectivity index (χ1) is 15.3. The second-order valence-corrected chi connectivity index (χ2v) is 9.84. The minimum atomic E-state index is -3.54. The summed E-state index contributed by atoms with van der Waals surface area (Å²) in [4.78, 5) is 26.1. The molecule has 172 valence electrons. The molecule has 10 heteroatoms. The van der Waals surface area contributed by atoms with Gasteiger partial charge in [-0.05, 0) is 42.3 Å². The number of nitrogens with one attached hydrogen (secondary N) is 1. The van der Waals surface area contributed by atoms with Crippen molar-refractivity contribution in [2.75, 3.05) is 45.2 Å². The van der Waals surface area contributed by atoms with E-state index in [0.717, 1.165) is 5.56 Å². The van der Waals surface area contributed by atoms with E-state index in [4.69, 9.17) is 16.3 Å². The van der Waals surface area contributed by atoms with E-state index >= 15 is 0 Å². The molecule has 0 aliphatic carbocycles. The van der Waals surface area contributed by atoms with Crippen LogP contribution >= 0.6 is 11.6 Å². The first-order valence-electron chi connectivity index (χ1n) is 10.2. The molecule has 1 N–H and O–H groups in total. The SMILES string of the molecule is CN(CC(=O)Nc1cccc(Cl)c1)C(=O)CCc1ccc(S(=O)(=O)N2CCOCC2)cc1. The molecule has 32 heavy (non-hydrogen) atoms. The van der Waals surface area contributed by atoms with Crippen LogP contribution in [0.25, 0.3) is 0 Å². The number of halogens is 1. The first kappa shape index (κ1) is 24.2. The molecule has 0 radical (unpaired) electrons. The predicted octanol–water partition coefficient (Wildman–Crippen LogP) is 2.39. The van der Waals surface area contributed by atoms with Crippen molar-refractivity contribution in [3.05, 3.63) is 59.1 Å². The van der Waals surface area contributed by atoms with E-state index in [-0.39, 0.29) is 29.7 Å². The van der Waals surface area contributed by atoms with Crippen LogP contribution in [-0.4, -0.2) is 69.3 Å². The zero-order valence-corrected chi connectivity index (χ0v) is 19.4. The number of hydrogen-bond donors (Lipinski definition) is 1. The number of sulfonamides is 1. The Bertz CT molecular complexity index is 1050. The van der Waals surface area contributed by atoms with E-state index in [9.17, 15) is 18.0 Å². The molecule has 3 rings (SSSR count). The van der Waals surface area contributed by atoms with Gasteiger partial charge < -0.3 is 15.0 Å². The van der Waals surface area contributed by atoms with Crippen molar-refractivity contribution >= 4 is 39.1 Å². The predicted molar refractivity (Wildman–Crippen MR) is 122 cm³/mol. The van der Waals surface area contributed by atoms with E-state index in [1.54, 1.807) is 55.6 Å². The molecular formula is C22H26ClN3O5S. The zero-order valence-electron chi connectivity index (χ0n) is 17.8. The Morgan fingerprint density at radius 1 is 1.12 bits per heavy atom. The van der Waals surface area contributed by atoms with Crippen LogP contribution in [0, 0.1) is 0 Å². The highest BCUT2D eigenvalue weighted by Gasteiger charge is 2.26. The van der Waals surface area contributed by atoms with Gasteiger partial charge in [0.05, 0.1) is 24.7 Å². The lowest BCUT2D eigenvalue weighted by molar-refractivity contribution is -0.133. The molecule has 1 fully saturated rings. The maximum absolute atomic E-state index is 12.7. The van der Waals surface area contributed by atoms with Gasteiger partial charge in [0, 0.05) is 37.3 Å². The molecule has 2 aromatic rings. The molecule has 1 aliphatic rings. The van der Waals surface area contributed by atoms with Crippen molar-refractivity contribution in [1.82, 2.24) is 9.21 Å². The lowest BCUT2D eigenvalue weighted by atomic mass is 10.1. The third kappa shape index (κ3) is 6.52. The number of nitrogens with zero attached hydrogens (tertiary/aromatic N) is 2. The third-order valence-electron chi connectivity index (χ3n) is 5.07. The highest BCUT2D eigenvalue weighted by Crippen LogP contribution is 2.18. The van der Waals surface area contributed by atoms with E-state index < -0.39 is 10.0 Å². The molecule has 1 saturated heterocycles. The Morgan fingerprint density at radius 3 is 2.47 bits per heavy atom. The number of anilines is 1. The van der Waals surface area contributed by atoms with Crippen LogP contribution < -0.4 is 5.32 Å². The van der Waals surface area contributed by atoms with Gasteiger partial charge in [0.2, 0.25) is 21.8 Å². The Hall–Kier alpha value is -2.46. The number of rotatable bonds is 8. The number of hydrogen-bond acceptors (Lipinski definition) is 5. The largest absolute Gasteiger partial charge is 0.379 e. The number of carbonyl (C=O) groups is 2. The highest BCUT2D eigenvalue weighted by molar-refractivity contribution is 7.89. The molecule has 8 nitrogen and oxygen atoms in total. The van der Waals surface area contributed by atoms with Crippen LogP contribution in [0.1, 0.15) is 12.0 Å². The molecule has 1 aliphatic heterocycles. The summed E-state index contributed by atoms with van der Waals surface area (Å²) in [6.07, 6.45) is 0.646. The summed E-state index contributed by atoms with van der Waals surface area (Å²) in [6.45, 7) is 1.39. The normalized spacial score (nSPS) is 14.7. The van der Waals surface area contributed by atoms with Crippen molar-refractivity contribution in [1.29, 1.82) is 0 Å². The molecule has 0 atom stereocenters. The topological polar surface area (TPSA) is 96.0 Å². The van der Waals surface area contributed by atoms with E-state index in [1.165, 1.54) is 9.21 Å². The maximum Gasteiger partial charge on any atom is 0.243 e. The van der Waals surface area contributed by atoms with Gasteiger partial charge in [-0.15, -0.1) is 0 Å². The average molecular weight is 480 g/mol. The summed E-state index contributed by atoms with van der Waals surface area (Å²) < 4.78 is 32.0. The number of ether oxygens (including phenoxy) is 1. The van der Waals surface area contributed by atoms with Crippen molar-refractivity contribution in [2.24, 2.45) is 0 Å². The molecule has 1 heterocycles. The lowest BCUT2D eigenvalue weighted by Crippen LogP contribution is -2.40. The Kier molecular flexibility index (Phi) is 8.25. The fraction of sp³-hybridized carbons (Fsp3) is 0.364. The van der Waals surface area contributed by atoms with Gasteiger partial charge >= 0.3 is 0 Å². The van der Waals surface area contributed by atoms with Crippen molar-refractivity contribution in [3.63, 3.8) is 0 Å². The third-order valence-corrected chi connectivity index (χ3v) is 7.22. The van der Waals surface area contributed by atoms with Gasteiger partial charge in [-0.2, -0.15) is 4.31 Å². The minimum absolute atomic E-state index is 0.0813. The number of aryl methyl sites for hydroxylation is 1. The van der Waals surface area contributed by atoms with E-state index in [2.05, 4.69) is 5.32 Å². The monoisotopic (exact) mass is 479 g/mol. The summed E-state index contributed by atoms with van der Waals surface area (Å²) >= 11 is 5.90. The number of morpholine rings is 1. The van der Waals surface area contributed by atoms with Crippen LogP contribution in [0.3, 0.4) is 0 Å². The van der Waals surface area contributed by atoms with Crippen molar-refractivity contribution in [3.8, 4) is 0 Å². The highest BCUT2D eigenvalue weighted by atomic mass is 35.5. The second-order valence-electron chi connectivity index (χ2n) is 7.47. The van der Waals surface area contributed by atoms with Gasteiger partial charge in [-0.3, -0.25) is 9.59 Å². The molecule has 0 unspecified atom stereocenters. The number of likely N-dealkylation sites (N-methyl/N-ethyl adjacent to an activating group) is 1. The summed E-state index contributed by atoms with van der Waals surface area (Å²) in [5.74, 6) is -0.503. The number of benzene rings is 2. The summed E-state index contributed by atoms with van der Waals surface area (Å²) in [5, 5.41) is 3.21. The lowest BCUT2D eigenvalue weighted by Gasteiger charge is -2.26. The quantitative estimate of drug-likeness (QED) is 0.627. The Morgan fingerprint density at radius 2 is 1.81 bits per heavy atom. The standard InChI is InChI=1S/C22H26ClN3O5S/c1-25(16-21(27)24-19-4-2-3-18(23)15-19)22(28)10-7-17-5-8-20(9-6-17)32(29,30)26-11-13-31-14-12-26/h2-6,8-9,15H,7,10-14,16H2,1H3,(H,24,27). The van der Waals surface area contributed by atoms with Crippen LogP contribution in [0.5, 0.6) is 0 Å². The van der Waals surface area contributed by atoms with Crippen molar-refractivity contribution < 1.29 is 22.7 Å². The first-order valence-corrected chi connectivity index (χ1v) is 12.0. The summed E-state index contributed by atoms with van der Waals surface area (Å²) in [6, 6.07) is 13.3. The second kappa shape index (κ2) is 10.9. The van der Waals surface area contributed by atoms with Crippen molar-refractivity contribution in [2.45, 2.75) is 17.7 Å². The molecular weight excluding hydrogens is 454 g/mol. The number of carbonyl (C=O) groups excluding carboxylic acids is 2. The molecule has 2 amide bonds. The summed E-state index contributed by atoms with van der Waals surface area (Å²) in [7, 11) is -1.97. The Labute approximate surface area is 193 Å². The minimum Gasteiger partial charge on any atom is -0.379 e. The average Bonchev–Trinajstić information content (AvgIpc) is 2.78. The van der Waals surface area contributed by atoms with Gasteiger partial charge in [0.25, 0.3) is 0 Å². The number of amides is 2. The van der Waals surface area contributed by atoms with Crippen LogP contribution in [0.15, 0.2) is 53.4 Å². The molecule has 0 saturated carbocycles. The fourth-order valence-electron chi connectivity index (χ4n) is 3.28. The van der Waals surface area contributed by atoms with E-state index in [1.807, 2.05) is 0 Å². The molecule has 0 spiro atoms. The smallest absolute Gasteiger partial charge is 0.243 e. The zero-order chi connectivity index (χ0) is 23.1. The van der Waals surface area contributed by atoms with Gasteiger partial charge in [0.1, 0.15) is 0 Å². The van der Waals surface area contributed by atoms with Gasteiger partial charge in [-0.1, -0.05) is 29.8 Å². The van der Waals surface area contributed by atoms with Crippen LogP contribution in [0.4, 0.5) is 5.69 Å².